The molecule has 1 saturated heterocycles. The molecule has 2 rings (SSSR count). The summed E-state index contributed by atoms with van der Waals surface area (Å²) >= 11 is 3.49. The summed E-state index contributed by atoms with van der Waals surface area (Å²) in [4.78, 5) is 16.8. The molecule has 1 amide bonds. The van der Waals surface area contributed by atoms with Gasteiger partial charge in [0, 0.05) is 29.7 Å². The monoisotopic (exact) mass is 398 g/mol. The Kier molecular flexibility index (Phi) is 6.66. The number of rotatable bonds is 5. The largest absolute Gasteiger partial charge is 0.496 e. The number of hydrogen-bond donors (Lipinski definition) is 0. The van der Waals surface area contributed by atoms with Gasteiger partial charge in [-0.25, -0.2) is 0 Å². The molecule has 1 aliphatic rings. The Morgan fingerprint density at radius 2 is 2.04 bits per heavy atom. The molecule has 0 unspecified atom stereocenters. The fourth-order valence-corrected chi connectivity index (χ4v) is 3.50. The molecule has 0 radical (unpaired) electrons. The van der Waals surface area contributed by atoms with E-state index in [0.717, 1.165) is 15.8 Å². The third-order valence-corrected chi connectivity index (χ3v) is 4.91. The minimum atomic E-state index is -0.203. The van der Waals surface area contributed by atoms with Crippen molar-refractivity contribution in [3.8, 4) is 5.75 Å². The lowest BCUT2D eigenvalue weighted by Crippen LogP contribution is -2.53. The molecule has 24 heavy (non-hydrogen) atoms. The average molecular weight is 399 g/mol. The van der Waals surface area contributed by atoms with Gasteiger partial charge in [-0.15, -0.1) is 0 Å². The number of ether oxygens (including phenoxy) is 2. The van der Waals surface area contributed by atoms with Crippen LogP contribution in [0.3, 0.4) is 0 Å². The first-order chi connectivity index (χ1) is 11.3. The maximum absolute atomic E-state index is 12.8. The zero-order chi connectivity index (χ0) is 17.9. The first-order valence-electron chi connectivity index (χ1n) is 8.28. The molecule has 0 bridgehead atoms. The van der Waals surface area contributed by atoms with Crippen molar-refractivity contribution < 1.29 is 14.3 Å². The highest BCUT2D eigenvalue weighted by atomic mass is 79.9. The van der Waals surface area contributed by atoms with Crippen LogP contribution in [0, 0.1) is 0 Å². The van der Waals surface area contributed by atoms with Crippen LogP contribution in [0.15, 0.2) is 22.7 Å². The second kappa shape index (κ2) is 8.32. The fraction of sp³-hybridized carbons (Fsp3) is 0.611. The van der Waals surface area contributed by atoms with E-state index in [1.807, 2.05) is 50.9 Å². The van der Waals surface area contributed by atoms with E-state index in [0.29, 0.717) is 19.6 Å². The van der Waals surface area contributed by atoms with E-state index in [4.69, 9.17) is 9.47 Å². The molecule has 1 aliphatic heterocycles. The summed E-state index contributed by atoms with van der Waals surface area (Å²) in [6.07, 6.45) is 0.167. The number of amides is 1. The van der Waals surface area contributed by atoms with E-state index in [1.165, 1.54) is 0 Å². The average Bonchev–Trinajstić information content (AvgIpc) is 2.52. The molecule has 0 N–H and O–H groups in total. The molecular weight excluding hydrogens is 372 g/mol. The maximum Gasteiger partial charge on any atom is 0.239 e. The number of carbonyl (C=O) groups excluding carboxylic acids is 1. The van der Waals surface area contributed by atoms with Crippen molar-refractivity contribution >= 4 is 21.8 Å². The van der Waals surface area contributed by atoms with Crippen molar-refractivity contribution in [3.05, 3.63) is 28.2 Å². The first kappa shape index (κ1) is 19.2. The zero-order valence-electron chi connectivity index (χ0n) is 15.1. The predicted octanol–water partition coefficient (Wildman–Crippen LogP) is 2.91. The van der Waals surface area contributed by atoms with Crippen LogP contribution in [-0.4, -0.2) is 61.2 Å². The molecule has 1 aromatic rings. The van der Waals surface area contributed by atoms with Gasteiger partial charge >= 0.3 is 0 Å². The molecule has 0 aromatic heterocycles. The van der Waals surface area contributed by atoms with Gasteiger partial charge in [-0.2, -0.15) is 0 Å². The van der Waals surface area contributed by atoms with Crippen LogP contribution in [0.2, 0.25) is 0 Å². The van der Waals surface area contributed by atoms with E-state index < -0.39 is 0 Å². The lowest BCUT2D eigenvalue weighted by Gasteiger charge is -2.38. The summed E-state index contributed by atoms with van der Waals surface area (Å²) in [5.74, 6) is 0.978. The maximum atomic E-state index is 12.8. The Balaban J connectivity index is 2.05. The highest BCUT2D eigenvalue weighted by Crippen LogP contribution is 2.25. The minimum Gasteiger partial charge on any atom is -0.496 e. The van der Waals surface area contributed by atoms with Gasteiger partial charge in [-0.05, 0) is 46.0 Å². The van der Waals surface area contributed by atoms with Crippen LogP contribution < -0.4 is 4.74 Å². The van der Waals surface area contributed by atoms with E-state index in [2.05, 4.69) is 20.8 Å². The Morgan fingerprint density at radius 1 is 1.42 bits per heavy atom. The van der Waals surface area contributed by atoms with Crippen LogP contribution in [0.5, 0.6) is 5.75 Å². The van der Waals surface area contributed by atoms with Gasteiger partial charge in [0.05, 0.1) is 25.4 Å². The SMILES string of the molecule is COc1ccc(Br)cc1CN(C)[C@H](C)C(=O)N1C[C@H](C)O[C@@H](C)C1. The summed E-state index contributed by atoms with van der Waals surface area (Å²) < 4.78 is 12.1. The first-order valence-corrected chi connectivity index (χ1v) is 9.08. The number of benzene rings is 1. The van der Waals surface area contributed by atoms with E-state index in [1.54, 1.807) is 7.11 Å². The molecule has 6 heteroatoms. The Labute approximate surface area is 153 Å². The van der Waals surface area contributed by atoms with Crippen molar-refractivity contribution in [2.75, 3.05) is 27.2 Å². The van der Waals surface area contributed by atoms with Crippen molar-refractivity contribution in [1.82, 2.24) is 9.80 Å². The third kappa shape index (κ3) is 4.71. The lowest BCUT2D eigenvalue weighted by atomic mass is 10.1. The number of morpholine rings is 1. The molecule has 0 spiro atoms. The molecule has 5 nitrogen and oxygen atoms in total. The molecule has 3 atom stereocenters. The van der Waals surface area contributed by atoms with Gasteiger partial charge in [-0.1, -0.05) is 15.9 Å². The van der Waals surface area contributed by atoms with Crippen molar-refractivity contribution in [1.29, 1.82) is 0 Å². The zero-order valence-corrected chi connectivity index (χ0v) is 16.7. The number of halogens is 1. The smallest absolute Gasteiger partial charge is 0.239 e. The summed E-state index contributed by atoms with van der Waals surface area (Å²) in [5.41, 5.74) is 1.05. The summed E-state index contributed by atoms with van der Waals surface area (Å²) in [6, 6.07) is 5.72. The van der Waals surface area contributed by atoms with Crippen LogP contribution in [-0.2, 0) is 16.1 Å². The van der Waals surface area contributed by atoms with E-state index in [9.17, 15) is 4.79 Å². The Bertz CT molecular complexity index is 571. The highest BCUT2D eigenvalue weighted by Gasteiger charge is 2.30. The quantitative estimate of drug-likeness (QED) is 0.764. The van der Waals surface area contributed by atoms with Crippen molar-refractivity contribution in [2.24, 2.45) is 0 Å². The molecule has 0 saturated carbocycles. The van der Waals surface area contributed by atoms with Crippen molar-refractivity contribution in [3.63, 3.8) is 0 Å². The minimum absolute atomic E-state index is 0.0837. The second-order valence-electron chi connectivity index (χ2n) is 6.55. The van der Waals surface area contributed by atoms with Gasteiger partial charge in [0.25, 0.3) is 0 Å². The van der Waals surface area contributed by atoms with Crippen molar-refractivity contribution in [2.45, 2.75) is 45.6 Å². The molecule has 1 heterocycles. The molecule has 1 aromatic carbocycles. The van der Waals surface area contributed by atoms with Gasteiger partial charge < -0.3 is 14.4 Å². The standard InChI is InChI=1S/C18H27BrN2O3/c1-12-9-21(10-13(2)24-12)18(22)14(3)20(4)11-15-8-16(19)6-7-17(15)23-5/h6-8,12-14H,9-11H2,1-5H3/t12-,13-,14+/m0/s1. The summed E-state index contributed by atoms with van der Waals surface area (Å²) in [6.45, 7) is 7.93. The Hall–Kier alpha value is -1.11. The van der Waals surface area contributed by atoms with Crippen LogP contribution >= 0.6 is 15.9 Å². The molecular formula is C18H27BrN2O3. The molecule has 0 aliphatic carbocycles. The second-order valence-corrected chi connectivity index (χ2v) is 7.46. The van der Waals surface area contributed by atoms with Gasteiger partial charge in [0.15, 0.2) is 0 Å². The van der Waals surface area contributed by atoms with Crippen LogP contribution in [0.25, 0.3) is 0 Å². The van der Waals surface area contributed by atoms with Gasteiger partial charge in [-0.3, -0.25) is 9.69 Å². The van der Waals surface area contributed by atoms with Crippen LogP contribution in [0.1, 0.15) is 26.3 Å². The molecule has 1 fully saturated rings. The van der Waals surface area contributed by atoms with Crippen LogP contribution in [0.4, 0.5) is 0 Å². The number of methoxy groups -OCH3 is 1. The third-order valence-electron chi connectivity index (χ3n) is 4.41. The number of likely N-dealkylation sites (N-methyl/N-ethyl adjacent to an activating group) is 1. The summed E-state index contributed by atoms with van der Waals surface area (Å²) in [7, 11) is 3.63. The fourth-order valence-electron chi connectivity index (χ4n) is 3.09. The van der Waals surface area contributed by atoms with Gasteiger partial charge in [0.2, 0.25) is 5.91 Å². The van der Waals surface area contributed by atoms with Gasteiger partial charge in [0.1, 0.15) is 5.75 Å². The summed E-state index contributed by atoms with van der Waals surface area (Å²) in [5, 5.41) is 0. The molecule has 134 valence electrons. The number of nitrogens with zero attached hydrogens (tertiary/aromatic N) is 2. The number of carbonyl (C=O) groups is 1. The van der Waals surface area contributed by atoms with E-state index >= 15 is 0 Å². The predicted molar refractivity (Wildman–Crippen MR) is 98.2 cm³/mol. The normalized spacial score (nSPS) is 22.5. The topological polar surface area (TPSA) is 42.0 Å². The number of hydrogen-bond acceptors (Lipinski definition) is 4. The lowest BCUT2D eigenvalue weighted by molar-refractivity contribution is -0.147. The van der Waals surface area contributed by atoms with E-state index in [-0.39, 0.29) is 24.2 Å². The highest BCUT2D eigenvalue weighted by molar-refractivity contribution is 9.10. The Morgan fingerprint density at radius 3 is 2.62 bits per heavy atom.